The third-order valence-electron chi connectivity index (χ3n) is 2.42. The third kappa shape index (κ3) is 2.78. The number of hydrogen-bond acceptors (Lipinski definition) is 4. The summed E-state index contributed by atoms with van der Waals surface area (Å²) in [6.45, 7) is 5.00. The number of pyridine rings is 1. The number of hydrogen-bond donors (Lipinski definition) is 1. The molecule has 88 valence electrons. The van der Waals surface area contributed by atoms with E-state index in [0.29, 0.717) is 0 Å². The Bertz CT molecular complexity index is 482. The molecule has 0 atom stereocenters. The molecule has 1 N–H and O–H groups in total. The van der Waals surface area contributed by atoms with Crippen molar-refractivity contribution in [3.8, 4) is 11.4 Å². The largest absolute Gasteiger partial charge is 0.370 e. The molecule has 4 nitrogen and oxygen atoms in total. The maximum atomic E-state index is 4.51. The van der Waals surface area contributed by atoms with Crippen molar-refractivity contribution < 1.29 is 0 Å². The zero-order valence-corrected chi connectivity index (χ0v) is 10.1. The van der Waals surface area contributed by atoms with E-state index < -0.39 is 0 Å². The van der Waals surface area contributed by atoms with Gasteiger partial charge in [-0.05, 0) is 25.5 Å². The van der Waals surface area contributed by atoms with E-state index >= 15 is 0 Å². The van der Waals surface area contributed by atoms with Gasteiger partial charge in [0.1, 0.15) is 5.82 Å². The zero-order chi connectivity index (χ0) is 12.1. The Morgan fingerprint density at radius 1 is 1.24 bits per heavy atom. The van der Waals surface area contributed by atoms with Crippen LogP contribution in [0.3, 0.4) is 0 Å². The van der Waals surface area contributed by atoms with E-state index in [0.717, 1.165) is 35.9 Å². The van der Waals surface area contributed by atoms with E-state index in [1.165, 1.54) is 0 Å². The summed E-state index contributed by atoms with van der Waals surface area (Å²) in [5, 5.41) is 3.22. The van der Waals surface area contributed by atoms with Gasteiger partial charge < -0.3 is 5.32 Å². The van der Waals surface area contributed by atoms with Gasteiger partial charge in [-0.25, -0.2) is 9.97 Å². The Hall–Kier alpha value is -1.97. The fourth-order valence-electron chi connectivity index (χ4n) is 1.57. The van der Waals surface area contributed by atoms with E-state index in [4.69, 9.17) is 0 Å². The summed E-state index contributed by atoms with van der Waals surface area (Å²) in [6, 6.07) is 5.85. The van der Waals surface area contributed by atoms with Gasteiger partial charge in [-0.15, -0.1) is 0 Å². The molecule has 0 aliphatic carbocycles. The second kappa shape index (κ2) is 5.39. The van der Waals surface area contributed by atoms with E-state index in [1.54, 1.807) is 12.4 Å². The molecule has 4 heteroatoms. The van der Waals surface area contributed by atoms with Gasteiger partial charge in [0.15, 0.2) is 5.82 Å². The van der Waals surface area contributed by atoms with Crippen LogP contribution in [0.1, 0.15) is 19.5 Å². The van der Waals surface area contributed by atoms with Crippen LogP contribution in [-0.4, -0.2) is 21.5 Å². The number of aromatic nitrogens is 3. The van der Waals surface area contributed by atoms with E-state index in [2.05, 4.69) is 34.1 Å². The van der Waals surface area contributed by atoms with Crippen LogP contribution in [0, 0.1) is 0 Å². The van der Waals surface area contributed by atoms with Crippen LogP contribution in [0.25, 0.3) is 11.4 Å². The zero-order valence-electron chi connectivity index (χ0n) is 10.1. The lowest BCUT2D eigenvalue weighted by Crippen LogP contribution is -2.03. The van der Waals surface area contributed by atoms with Crippen LogP contribution < -0.4 is 5.32 Å². The van der Waals surface area contributed by atoms with Crippen molar-refractivity contribution in [2.45, 2.75) is 20.3 Å². The van der Waals surface area contributed by atoms with Crippen LogP contribution in [0.5, 0.6) is 0 Å². The minimum absolute atomic E-state index is 0.730. The summed E-state index contributed by atoms with van der Waals surface area (Å²) < 4.78 is 0. The highest BCUT2D eigenvalue weighted by Gasteiger charge is 2.05. The van der Waals surface area contributed by atoms with Gasteiger partial charge in [-0.3, -0.25) is 4.98 Å². The Kier molecular flexibility index (Phi) is 3.65. The van der Waals surface area contributed by atoms with Gasteiger partial charge in [-0.2, -0.15) is 0 Å². The van der Waals surface area contributed by atoms with Gasteiger partial charge >= 0.3 is 0 Å². The topological polar surface area (TPSA) is 50.7 Å². The smallest absolute Gasteiger partial charge is 0.163 e. The first-order valence-electron chi connectivity index (χ1n) is 5.85. The summed E-state index contributed by atoms with van der Waals surface area (Å²) in [5.74, 6) is 1.60. The van der Waals surface area contributed by atoms with Crippen LogP contribution in [0.15, 0.2) is 30.6 Å². The fraction of sp³-hybridized carbons (Fsp3) is 0.308. The van der Waals surface area contributed by atoms with Crippen molar-refractivity contribution in [2.75, 3.05) is 11.9 Å². The lowest BCUT2D eigenvalue weighted by Gasteiger charge is -2.07. The van der Waals surface area contributed by atoms with Crippen LogP contribution in [0.4, 0.5) is 5.82 Å². The number of rotatable bonds is 4. The molecule has 0 radical (unpaired) electrons. The maximum absolute atomic E-state index is 4.51. The first-order valence-corrected chi connectivity index (χ1v) is 5.85. The molecule has 0 unspecified atom stereocenters. The van der Waals surface area contributed by atoms with Gasteiger partial charge in [0, 0.05) is 36.3 Å². The van der Waals surface area contributed by atoms with Crippen molar-refractivity contribution in [3.63, 3.8) is 0 Å². The molecule has 0 spiro atoms. The van der Waals surface area contributed by atoms with Crippen LogP contribution in [-0.2, 0) is 6.42 Å². The highest BCUT2D eigenvalue weighted by atomic mass is 15.0. The first-order chi connectivity index (χ1) is 8.33. The number of nitrogens with one attached hydrogen (secondary N) is 1. The SMILES string of the molecule is CCNc1cc(CC)nc(-c2cccnc2)n1. The first kappa shape index (κ1) is 11.5. The Morgan fingerprint density at radius 3 is 2.76 bits per heavy atom. The molecule has 0 saturated heterocycles. The van der Waals surface area contributed by atoms with Crippen LogP contribution >= 0.6 is 0 Å². The standard InChI is InChI=1S/C13H16N4/c1-3-11-8-12(15-4-2)17-13(16-11)10-6-5-7-14-9-10/h5-9H,3-4H2,1-2H3,(H,15,16,17). The predicted molar refractivity (Wildman–Crippen MR) is 68.8 cm³/mol. The summed E-state index contributed by atoms with van der Waals surface area (Å²) in [7, 11) is 0. The molecule has 0 aromatic carbocycles. The predicted octanol–water partition coefficient (Wildman–Crippen LogP) is 2.53. The Morgan fingerprint density at radius 2 is 2.12 bits per heavy atom. The molecule has 17 heavy (non-hydrogen) atoms. The molecular formula is C13H16N4. The molecule has 2 aromatic rings. The molecule has 2 rings (SSSR count). The fourth-order valence-corrected chi connectivity index (χ4v) is 1.57. The third-order valence-corrected chi connectivity index (χ3v) is 2.42. The second-order valence-corrected chi connectivity index (χ2v) is 3.69. The quantitative estimate of drug-likeness (QED) is 0.873. The molecular weight excluding hydrogens is 212 g/mol. The highest BCUT2D eigenvalue weighted by Crippen LogP contribution is 2.17. The average molecular weight is 228 g/mol. The maximum Gasteiger partial charge on any atom is 0.163 e. The summed E-state index contributed by atoms with van der Waals surface area (Å²) in [4.78, 5) is 13.1. The van der Waals surface area contributed by atoms with Gasteiger partial charge in [-0.1, -0.05) is 6.92 Å². The van der Waals surface area contributed by atoms with Crippen molar-refractivity contribution in [1.82, 2.24) is 15.0 Å². The number of nitrogens with zero attached hydrogens (tertiary/aromatic N) is 3. The molecule has 0 aliphatic heterocycles. The lowest BCUT2D eigenvalue weighted by atomic mass is 10.2. The molecule has 2 heterocycles. The van der Waals surface area contributed by atoms with E-state index in [9.17, 15) is 0 Å². The van der Waals surface area contributed by atoms with Gasteiger partial charge in [0.2, 0.25) is 0 Å². The lowest BCUT2D eigenvalue weighted by molar-refractivity contribution is 0.997. The Labute approximate surface area is 101 Å². The van der Waals surface area contributed by atoms with Crippen molar-refractivity contribution >= 4 is 5.82 Å². The molecule has 0 amide bonds. The summed E-state index contributed by atoms with van der Waals surface area (Å²) in [6.07, 6.45) is 4.43. The highest BCUT2D eigenvalue weighted by molar-refractivity contribution is 5.56. The minimum Gasteiger partial charge on any atom is -0.370 e. The Balaban J connectivity index is 2.43. The molecule has 0 aliphatic rings. The van der Waals surface area contributed by atoms with Crippen molar-refractivity contribution in [1.29, 1.82) is 0 Å². The molecule has 2 aromatic heterocycles. The average Bonchev–Trinajstić information content (AvgIpc) is 2.40. The summed E-state index contributed by atoms with van der Waals surface area (Å²) in [5.41, 5.74) is 1.98. The minimum atomic E-state index is 0.730. The molecule has 0 saturated carbocycles. The van der Waals surface area contributed by atoms with E-state index in [-0.39, 0.29) is 0 Å². The monoisotopic (exact) mass is 228 g/mol. The van der Waals surface area contributed by atoms with Gasteiger partial charge in [0.25, 0.3) is 0 Å². The number of aryl methyl sites for hydroxylation is 1. The van der Waals surface area contributed by atoms with E-state index in [1.807, 2.05) is 18.2 Å². The molecule has 0 fully saturated rings. The summed E-state index contributed by atoms with van der Waals surface area (Å²) >= 11 is 0. The van der Waals surface area contributed by atoms with Gasteiger partial charge in [0.05, 0.1) is 0 Å². The molecule has 0 bridgehead atoms. The second-order valence-electron chi connectivity index (χ2n) is 3.69. The normalized spacial score (nSPS) is 10.2. The van der Waals surface area contributed by atoms with Crippen molar-refractivity contribution in [2.24, 2.45) is 0 Å². The van der Waals surface area contributed by atoms with Crippen molar-refractivity contribution in [3.05, 3.63) is 36.3 Å². The number of anilines is 1. The van der Waals surface area contributed by atoms with Crippen LogP contribution in [0.2, 0.25) is 0 Å².